The van der Waals surface area contributed by atoms with Crippen LogP contribution in [0.15, 0.2) is 36.4 Å². The molecule has 0 spiro atoms. The van der Waals surface area contributed by atoms with Gasteiger partial charge >= 0.3 is 5.97 Å². The minimum atomic E-state index is -0.298. The van der Waals surface area contributed by atoms with E-state index in [0.717, 1.165) is 11.4 Å². The molecule has 2 N–H and O–H groups in total. The van der Waals surface area contributed by atoms with Crippen LogP contribution in [0.4, 0.5) is 17.5 Å². The zero-order chi connectivity index (χ0) is 15.1. The molecule has 0 saturated carbocycles. The Labute approximate surface area is 123 Å². The maximum atomic E-state index is 10.7. The molecule has 0 aliphatic rings. The van der Waals surface area contributed by atoms with E-state index in [0.29, 0.717) is 18.3 Å². The Bertz CT molecular complexity index is 602. The zero-order valence-corrected chi connectivity index (χ0v) is 12.1. The minimum absolute atomic E-state index is 0.286. The lowest BCUT2D eigenvalue weighted by Gasteiger charge is -2.10. The van der Waals surface area contributed by atoms with Crippen molar-refractivity contribution < 1.29 is 9.53 Å². The van der Waals surface area contributed by atoms with Gasteiger partial charge in [-0.15, -0.1) is 0 Å². The number of para-hydroxylation sites is 1. The van der Waals surface area contributed by atoms with Gasteiger partial charge in [0.2, 0.25) is 5.95 Å². The Kier molecular flexibility index (Phi) is 5.09. The van der Waals surface area contributed by atoms with Gasteiger partial charge in [-0.2, -0.15) is 4.98 Å². The van der Waals surface area contributed by atoms with Gasteiger partial charge in [-0.3, -0.25) is 4.79 Å². The van der Waals surface area contributed by atoms with Crippen LogP contribution in [-0.4, -0.2) is 29.1 Å². The van der Waals surface area contributed by atoms with Gasteiger partial charge < -0.3 is 15.4 Å². The molecule has 0 aliphatic carbocycles. The molecule has 0 aliphatic heterocycles. The molecule has 2 rings (SSSR count). The number of carbonyl (C=O) groups is 1. The van der Waals surface area contributed by atoms with Crippen LogP contribution in [0, 0.1) is 6.92 Å². The summed E-state index contributed by atoms with van der Waals surface area (Å²) in [6, 6.07) is 11.7. The van der Waals surface area contributed by atoms with Crippen molar-refractivity contribution in [3.63, 3.8) is 0 Å². The number of anilines is 3. The summed E-state index contributed by atoms with van der Waals surface area (Å²) in [6.07, 6.45) is 0. The van der Waals surface area contributed by atoms with Crippen LogP contribution in [-0.2, 0) is 9.53 Å². The number of nitrogens with zero attached hydrogens (tertiary/aromatic N) is 2. The van der Waals surface area contributed by atoms with Crippen molar-refractivity contribution in [1.29, 1.82) is 0 Å². The Morgan fingerprint density at radius 1 is 1.24 bits per heavy atom. The van der Waals surface area contributed by atoms with Crippen LogP contribution in [0.3, 0.4) is 0 Å². The number of hydrogen-bond donors (Lipinski definition) is 2. The monoisotopic (exact) mass is 286 g/mol. The number of esters is 1. The van der Waals surface area contributed by atoms with E-state index in [-0.39, 0.29) is 12.6 Å². The number of benzene rings is 1. The summed E-state index contributed by atoms with van der Waals surface area (Å²) < 4.78 is 4.85. The van der Waals surface area contributed by atoms with E-state index in [4.69, 9.17) is 4.74 Å². The molecule has 110 valence electrons. The standard InChI is InChI=1S/C15H18N4O2/c1-11-10-14(18-13-6-4-3-5-7-13)19-15(17-11)16-8-9-21-12(2)20/h3-7,10H,8-9H2,1-2H3,(H2,16,17,18,19). The third kappa shape index (κ3) is 5.10. The van der Waals surface area contributed by atoms with Crippen LogP contribution < -0.4 is 10.6 Å². The predicted molar refractivity (Wildman–Crippen MR) is 81.6 cm³/mol. The molecule has 2 aromatic rings. The van der Waals surface area contributed by atoms with Gasteiger partial charge in [0.25, 0.3) is 0 Å². The second kappa shape index (κ2) is 7.23. The first kappa shape index (κ1) is 14.8. The van der Waals surface area contributed by atoms with E-state index in [2.05, 4.69) is 20.6 Å². The highest BCUT2D eigenvalue weighted by molar-refractivity contribution is 5.65. The largest absolute Gasteiger partial charge is 0.464 e. The van der Waals surface area contributed by atoms with E-state index >= 15 is 0 Å². The molecule has 0 saturated heterocycles. The van der Waals surface area contributed by atoms with Gasteiger partial charge in [-0.05, 0) is 19.1 Å². The number of aryl methyl sites for hydroxylation is 1. The van der Waals surface area contributed by atoms with Gasteiger partial charge in [0.15, 0.2) is 0 Å². The fourth-order valence-corrected chi connectivity index (χ4v) is 1.74. The number of ether oxygens (including phenoxy) is 1. The van der Waals surface area contributed by atoms with Crippen molar-refractivity contribution in [2.45, 2.75) is 13.8 Å². The fourth-order valence-electron chi connectivity index (χ4n) is 1.74. The van der Waals surface area contributed by atoms with Crippen LogP contribution in [0.25, 0.3) is 0 Å². The summed E-state index contributed by atoms with van der Waals surface area (Å²) in [7, 11) is 0. The van der Waals surface area contributed by atoms with Crippen LogP contribution in [0.1, 0.15) is 12.6 Å². The van der Waals surface area contributed by atoms with E-state index in [1.165, 1.54) is 6.92 Å². The SMILES string of the molecule is CC(=O)OCCNc1nc(C)cc(Nc2ccccc2)n1. The van der Waals surface area contributed by atoms with E-state index in [1.807, 2.05) is 43.3 Å². The topological polar surface area (TPSA) is 76.1 Å². The lowest BCUT2D eigenvalue weighted by Crippen LogP contribution is -2.14. The number of aromatic nitrogens is 2. The lowest BCUT2D eigenvalue weighted by atomic mass is 10.3. The van der Waals surface area contributed by atoms with Crippen molar-refractivity contribution >= 4 is 23.4 Å². The maximum Gasteiger partial charge on any atom is 0.302 e. The minimum Gasteiger partial charge on any atom is -0.464 e. The quantitative estimate of drug-likeness (QED) is 0.627. The summed E-state index contributed by atoms with van der Waals surface area (Å²) in [5.41, 5.74) is 1.81. The molecule has 0 fully saturated rings. The number of carbonyl (C=O) groups excluding carboxylic acids is 1. The molecular formula is C15H18N4O2. The van der Waals surface area contributed by atoms with E-state index in [1.54, 1.807) is 0 Å². The summed E-state index contributed by atoms with van der Waals surface area (Å²) in [5, 5.41) is 6.24. The zero-order valence-electron chi connectivity index (χ0n) is 12.1. The molecular weight excluding hydrogens is 268 g/mol. The number of hydrogen-bond acceptors (Lipinski definition) is 6. The highest BCUT2D eigenvalue weighted by atomic mass is 16.5. The van der Waals surface area contributed by atoms with Crippen molar-refractivity contribution in [1.82, 2.24) is 9.97 Å². The highest BCUT2D eigenvalue weighted by Gasteiger charge is 2.03. The Hall–Kier alpha value is -2.63. The molecule has 21 heavy (non-hydrogen) atoms. The van der Waals surface area contributed by atoms with E-state index in [9.17, 15) is 4.79 Å². The van der Waals surface area contributed by atoms with Crippen molar-refractivity contribution in [2.75, 3.05) is 23.8 Å². The van der Waals surface area contributed by atoms with Gasteiger partial charge in [-0.25, -0.2) is 4.98 Å². The second-order valence-electron chi connectivity index (χ2n) is 4.48. The molecule has 0 atom stereocenters. The third-order valence-electron chi connectivity index (χ3n) is 2.59. The number of rotatable bonds is 6. The maximum absolute atomic E-state index is 10.7. The molecule has 6 heteroatoms. The second-order valence-corrected chi connectivity index (χ2v) is 4.48. The summed E-state index contributed by atoms with van der Waals surface area (Å²) in [4.78, 5) is 19.3. The van der Waals surface area contributed by atoms with E-state index < -0.39 is 0 Å². The average Bonchev–Trinajstić information content (AvgIpc) is 2.44. The Morgan fingerprint density at radius 2 is 2.00 bits per heavy atom. The van der Waals surface area contributed by atoms with Gasteiger partial charge in [-0.1, -0.05) is 18.2 Å². The molecule has 1 aromatic carbocycles. The van der Waals surface area contributed by atoms with Crippen molar-refractivity contribution in [2.24, 2.45) is 0 Å². The highest BCUT2D eigenvalue weighted by Crippen LogP contribution is 2.16. The first-order chi connectivity index (χ1) is 10.1. The summed E-state index contributed by atoms with van der Waals surface area (Å²) in [5.74, 6) is 0.915. The van der Waals surface area contributed by atoms with Crippen LogP contribution in [0.5, 0.6) is 0 Å². The molecule has 0 unspecified atom stereocenters. The first-order valence-electron chi connectivity index (χ1n) is 6.68. The lowest BCUT2D eigenvalue weighted by molar-refractivity contribution is -0.140. The van der Waals surface area contributed by atoms with Crippen LogP contribution >= 0.6 is 0 Å². The Morgan fingerprint density at radius 3 is 2.71 bits per heavy atom. The van der Waals surface area contributed by atoms with Gasteiger partial charge in [0, 0.05) is 24.4 Å². The van der Waals surface area contributed by atoms with Crippen LogP contribution in [0.2, 0.25) is 0 Å². The van der Waals surface area contributed by atoms with Crippen molar-refractivity contribution in [3.8, 4) is 0 Å². The van der Waals surface area contributed by atoms with Gasteiger partial charge in [0.05, 0.1) is 6.54 Å². The summed E-state index contributed by atoms with van der Waals surface area (Å²) >= 11 is 0. The smallest absolute Gasteiger partial charge is 0.302 e. The third-order valence-corrected chi connectivity index (χ3v) is 2.59. The normalized spacial score (nSPS) is 10.0. The predicted octanol–water partition coefficient (Wildman–Crippen LogP) is 2.50. The molecule has 6 nitrogen and oxygen atoms in total. The molecule has 1 heterocycles. The molecule has 0 bridgehead atoms. The van der Waals surface area contributed by atoms with Crippen molar-refractivity contribution in [3.05, 3.63) is 42.1 Å². The first-order valence-corrected chi connectivity index (χ1v) is 6.68. The molecule has 1 aromatic heterocycles. The number of nitrogens with one attached hydrogen (secondary N) is 2. The average molecular weight is 286 g/mol. The molecule has 0 radical (unpaired) electrons. The molecule has 0 amide bonds. The fraction of sp³-hybridized carbons (Fsp3) is 0.267. The Balaban J connectivity index is 1.98. The van der Waals surface area contributed by atoms with Gasteiger partial charge in [0.1, 0.15) is 12.4 Å². The summed E-state index contributed by atoms with van der Waals surface area (Å²) in [6.45, 7) is 4.03.